The van der Waals surface area contributed by atoms with Crippen LogP contribution in [0.2, 0.25) is 0 Å². The smallest absolute Gasteiger partial charge is 0.292 e. The van der Waals surface area contributed by atoms with E-state index in [1.54, 1.807) is 6.92 Å². The van der Waals surface area contributed by atoms with E-state index in [0.717, 1.165) is 12.1 Å². The summed E-state index contributed by atoms with van der Waals surface area (Å²) in [6.45, 7) is 1.58. The highest BCUT2D eigenvalue weighted by atomic mass is 32.2. The zero-order valence-electron chi connectivity index (χ0n) is 16.5. The number of amides is 1. The van der Waals surface area contributed by atoms with Crippen molar-refractivity contribution in [1.82, 2.24) is 0 Å². The van der Waals surface area contributed by atoms with Gasteiger partial charge in [-0.05, 0) is 36.8 Å². The Bertz CT molecular complexity index is 1340. The molecule has 32 heavy (non-hydrogen) atoms. The monoisotopic (exact) mass is 456 g/mol. The number of nitrogens with zero attached hydrogens (tertiary/aromatic N) is 2. The molecular formula is C20H16N4O7S. The van der Waals surface area contributed by atoms with Gasteiger partial charge in [0.1, 0.15) is 5.69 Å². The molecule has 164 valence electrons. The molecule has 0 radical (unpaired) electrons. The summed E-state index contributed by atoms with van der Waals surface area (Å²) in [5, 5.41) is 24.5. The second kappa shape index (κ2) is 8.81. The highest BCUT2D eigenvalue weighted by molar-refractivity contribution is 7.92. The quantitative estimate of drug-likeness (QED) is 0.403. The number of nitro groups is 2. The molecule has 12 heteroatoms. The minimum atomic E-state index is -4.19. The van der Waals surface area contributed by atoms with Crippen LogP contribution in [-0.4, -0.2) is 24.2 Å². The molecule has 0 spiro atoms. The van der Waals surface area contributed by atoms with Gasteiger partial charge in [-0.3, -0.25) is 29.7 Å². The molecule has 0 atom stereocenters. The molecule has 0 aliphatic carbocycles. The molecule has 0 aliphatic rings. The van der Waals surface area contributed by atoms with Crippen molar-refractivity contribution in [2.45, 2.75) is 11.8 Å². The lowest BCUT2D eigenvalue weighted by atomic mass is 10.2. The Morgan fingerprint density at radius 1 is 0.875 bits per heavy atom. The normalized spacial score (nSPS) is 10.9. The van der Waals surface area contributed by atoms with Crippen molar-refractivity contribution in [3.05, 3.63) is 98.1 Å². The van der Waals surface area contributed by atoms with Gasteiger partial charge in [0.25, 0.3) is 27.3 Å². The maximum Gasteiger partial charge on any atom is 0.292 e. The van der Waals surface area contributed by atoms with Crippen LogP contribution in [0.25, 0.3) is 0 Å². The molecule has 2 N–H and O–H groups in total. The highest BCUT2D eigenvalue weighted by Crippen LogP contribution is 2.26. The Morgan fingerprint density at radius 3 is 2.28 bits per heavy atom. The summed E-state index contributed by atoms with van der Waals surface area (Å²) in [4.78, 5) is 33.1. The molecule has 0 fully saturated rings. The molecule has 3 aromatic rings. The first-order chi connectivity index (χ1) is 15.1. The van der Waals surface area contributed by atoms with Gasteiger partial charge < -0.3 is 5.32 Å². The average molecular weight is 456 g/mol. The fourth-order valence-electron chi connectivity index (χ4n) is 2.77. The topological polar surface area (TPSA) is 162 Å². The van der Waals surface area contributed by atoms with Gasteiger partial charge in [-0.25, -0.2) is 8.42 Å². The second-order valence-corrected chi connectivity index (χ2v) is 8.30. The van der Waals surface area contributed by atoms with E-state index in [4.69, 9.17) is 0 Å². The van der Waals surface area contributed by atoms with Crippen LogP contribution in [0.15, 0.2) is 71.6 Å². The molecule has 0 saturated heterocycles. The van der Waals surface area contributed by atoms with E-state index in [0.29, 0.717) is 5.56 Å². The van der Waals surface area contributed by atoms with Crippen LogP contribution in [0.5, 0.6) is 0 Å². The van der Waals surface area contributed by atoms with Crippen molar-refractivity contribution >= 4 is 38.7 Å². The minimum absolute atomic E-state index is 0.0222. The molecular weight excluding hydrogens is 440 g/mol. The first kappa shape index (κ1) is 22.4. The van der Waals surface area contributed by atoms with Crippen LogP contribution in [0.3, 0.4) is 0 Å². The van der Waals surface area contributed by atoms with Gasteiger partial charge in [0, 0.05) is 23.8 Å². The summed E-state index contributed by atoms with van der Waals surface area (Å²) >= 11 is 0. The van der Waals surface area contributed by atoms with Gasteiger partial charge in [0.15, 0.2) is 0 Å². The number of anilines is 2. The number of aryl methyl sites for hydroxylation is 1. The molecule has 3 aromatic carbocycles. The number of sulfonamides is 1. The van der Waals surface area contributed by atoms with E-state index < -0.39 is 25.8 Å². The molecule has 0 unspecified atom stereocenters. The number of hydrogen-bond donors (Lipinski definition) is 2. The lowest BCUT2D eigenvalue weighted by molar-refractivity contribution is -0.384. The third kappa shape index (κ3) is 4.87. The molecule has 1 amide bonds. The number of nitrogens with one attached hydrogen (secondary N) is 2. The molecule has 0 bridgehead atoms. The van der Waals surface area contributed by atoms with Crippen LogP contribution in [0.4, 0.5) is 22.7 Å². The number of carbonyl (C=O) groups is 1. The average Bonchev–Trinajstić information content (AvgIpc) is 2.75. The summed E-state index contributed by atoms with van der Waals surface area (Å²) in [6.07, 6.45) is 0. The van der Waals surface area contributed by atoms with Crippen LogP contribution in [0, 0.1) is 27.2 Å². The van der Waals surface area contributed by atoms with Crippen molar-refractivity contribution < 1.29 is 23.1 Å². The molecule has 0 aliphatic heterocycles. The van der Waals surface area contributed by atoms with Gasteiger partial charge in [-0.2, -0.15) is 0 Å². The Morgan fingerprint density at radius 2 is 1.59 bits per heavy atom. The van der Waals surface area contributed by atoms with Gasteiger partial charge >= 0.3 is 0 Å². The fourth-order valence-corrected chi connectivity index (χ4v) is 3.94. The largest absolute Gasteiger partial charge is 0.316 e. The summed E-state index contributed by atoms with van der Waals surface area (Å²) in [6, 6.07) is 14.3. The first-order valence-electron chi connectivity index (χ1n) is 9.01. The molecule has 0 heterocycles. The lowest BCUT2D eigenvalue weighted by Crippen LogP contribution is -2.17. The zero-order valence-corrected chi connectivity index (χ0v) is 17.3. The fraction of sp³-hybridized carbons (Fsp3) is 0.0500. The first-order valence-corrected chi connectivity index (χ1v) is 10.5. The summed E-state index contributed by atoms with van der Waals surface area (Å²) < 4.78 is 27.9. The SMILES string of the molecule is Cc1ccc([N+](=O)[O-])cc1NS(=O)(=O)c1cccc(C(=O)Nc2ccccc2[N+](=O)[O-])c1. The van der Waals surface area contributed by atoms with E-state index in [1.165, 1.54) is 54.6 Å². The second-order valence-electron chi connectivity index (χ2n) is 6.62. The third-order valence-corrected chi connectivity index (χ3v) is 5.79. The number of carbonyl (C=O) groups excluding carboxylic acids is 1. The van der Waals surface area contributed by atoms with Crippen molar-refractivity contribution in [2.75, 3.05) is 10.0 Å². The summed E-state index contributed by atoms with van der Waals surface area (Å²) in [5.74, 6) is -0.747. The Kier molecular flexibility index (Phi) is 6.16. The van der Waals surface area contributed by atoms with Crippen LogP contribution in [0.1, 0.15) is 15.9 Å². The molecule has 0 saturated carbocycles. The minimum Gasteiger partial charge on any atom is -0.316 e. The van der Waals surface area contributed by atoms with Crippen molar-refractivity contribution in [1.29, 1.82) is 0 Å². The maximum absolute atomic E-state index is 12.8. The van der Waals surface area contributed by atoms with Gasteiger partial charge in [0.05, 0.1) is 20.4 Å². The van der Waals surface area contributed by atoms with E-state index in [1.807, 2.05) is 0 Å². The van der Waals surface area contributed by atoms with Crippen LogP contribution >= 0.6 is 0 Å². The maximum atomic E-state index is 12.8. The van der Waals surface area contributed by atoms with E-state index in [2.05, 4.69) is 10.0 Å². The summed E-state index contributed by atoms with van der Waals surface area (Å²) in [5.41, 5.74) is -0.209. The van der Waals surface area contributed by atoms with Crippen LogP contribution < -0.4 is 10.0 Å². The molecule has 0 aromatic heterocycles. The number of para-hydroxylation sites is 2. The van der Waals surface area contributed by atoms with E-state index in [-0.39, 0.29) is 33.2 Å². The Balaban J connectivity index is 1.89. The predicted molar refractivity (Wildman–Crippen MR) is 116 cm³/mol. The molecule has 3 rings (SSSR count). The number of nitro benzene ring substituents is 2. The number of hydrogen-bond acceptors (Lipinski definition) is 7. The Labute approximate surface area is 182 Å². The third-order valence-electron chi connectivity index (χ3n) is 4.43. The zero-order chi connectivity index (χ0) is 23.5. The number of rotatable bonds is 7. The highest BCUT2D eigenvalue weighted by Gasteiger charge is 2.20. The van der Waals surface area contributed by atoms with E-state index in [9.17, 15) is 33.4 Å². The number of non-ortho nitro benzene ring substituents is 1. The molecule has 11 nitrogen and oxygen atoms in total. The summed E-state index contributed by atoms with van der Waals surface area (Å²) in [7, 11) is -4.19. The van der Waals surface area contributed by atoms with Gasteiger partial charge in [0.2, 0.25) is 0 Å². The van der Waals surface area contributed by atoms with Gasteiger partial charge in [-0.1, -0.05) is 24.3 Å². The lowest BCUT2D eigenvalue weighted by Gasteiger charge is -2.12. The Hall–Kier alpha value is -4.32. The van der Waals surface area contributed by atoms with Crippen molar-refractivity contribution in [3.8, 4) is 0 Å². The predicted octanol–water partition coefficient (Wildman–Crippen LogP) is 3.86. The number of benzene rings is 3. The van der Waals surface area contributed by atoms with Crippen molar-refractivity contribution in [2.24, 2.45) is 0 Å². The standard InChI is InChI=1S/C20H16N4O7S/c1-13-9-10-15(23(26)27)12-18(13)22-32(30,31)16-6-4-5-14(11-16)20(25)21-17-7-2-3-8-19(17)24(28)29/h2-12,22H,1H3,(H,21,25). The van der Waals surface area contributed by atoms with Crippen LogP contribution in [-0.2, 0) is 10.0 Å². The van der Waals surface area contributed by atoms with Gasteiger partial charge in [-0.15, -0.1) is 0 Å². The van der Waals surface area contributed by atoms with Crippen molar-refractivity contribution in [3.63, 3.8) is 0 Å². The van der Waals surface area contributed by atoms with E-state index >= 15 is 0 Å².